The number of carbonyl (C=O) groups is 1. The van der Waals surface area contributed by atoms with Crippen LogP contribution in [0.25, 0.3) is 33.3 Å². The van der Waals surface area contributed by atoms with Crippen LogP contribution >= 0.6 is 0 Å². The van der Waals surface area contributed by atoms with Crippen LogP contribution in [0.2, 0.25) is 0 Å². The van der Waals surface area contributed by atoms with Crippen LogP contribution < -0.4 is 15.8 Å². The van der Waals surface area contributed by atoms with Gasteiger partial charge in [0.2, 0.25) is 0 Å². The van der Waals surface area contributed by atoms with Crippen molar-refractivity contribution >= 4 is 22.5 Å². The van der Waals surface area contributed by atoms with E-state index in [9.17, 15) is 4.79 Å². The normalized spacial score (nSPS) is 12.5. The van der Waals surface area contributed by atoms with Crippen LogP contribution in [0.4, 0.5) is 5.69 Å². The van der Waals surface area contributed by atoms with Crippen molar-refractivity contribution in [2.45, 2.75) is 13.1 Å². The molecule has 0 fully saturated rings. The van der Waals surface area contributed by atoms with E-state index >= 15 is 0 Å². The van der Waals surface area contributed by atoms with E-state index in [1.807, 2.05) is 47.1 Å². The Morgan fingerprint density at radius 3 is 2.54 bits per heavy atom. The van der Waals surface area contributed by atoms with Crippen molar-refractivity contribution in [2.75, 3.05) is 12.8 Å². The number of nitrogens with zero attached hydrogens (tertiary/aromatic N) is 2. The molecule has 3 N–H and O–H groups in total. The third kappa shape index (κ3) is 3.60. The maximum atomic E-state index is 12.3. The molecule has 6 heteroatoms. The second-order valence-electron chi connectivity index (χ2n) is 8.69. The molecule has 0 unspecified atom stereocenters. The average molecular weight is 461 g/mol. The highest BCUT2D eigenvalue weighted by atomic mass is 16.5. The largest absolute Gasteiger partial charge is 0.497 e. The van der Waals surface area contributed by atoms with E-state index in [4.69, 9.17) is 15.6 Å². The summed E-state index contributed by atoms with van der Waals surface area (Å²) in [4.78, 5) is 12.3. The summed E-state index contributed by atoms with van der Waals surface area (Å²) in [5.41, 5.74) is 14.4. The number of aromatic nitrogens is 2. The fourth-order valence-electron chi connectivity index (χ4n) is 4.83. The number of fused-ring (bicyclic) bond motifs is 2. The number of amides is 1. The maximum absolute atomic E-state index is 12.3. The number of hydrogen-bond acceptors (Lipinski definition) is 4. The van der Waals surface area contributed by atoms with Crippen molar-refractivity contribution in [1.29, 1.82) is 0 Å². The molecular weight excluding hydrogens is 436 g/mol. The van der Waals surface area contributed by atoms with E-state index in [2.05, 4.69) is 47.8 Å². The summed E-state index contributed by atoms with van der Waals surface area (Å²) in [6.07, 6.45) is 0. The Morgan fingerprint density at radius 1 is 0.971 bits per heavy atom. The van der Waals surface area contributed by atoms with Crippen LogP contribution in [-0.2, 0) is 13.1 Å². The SMILES string of the molecule is COc1ccc(Cn2nc(-c3ccccc3)c3cc(-c4ccc(N)c5c4CNC5=O)ccc32)cc1. The number of carbonyl (C=O) groups excluding carboxylic acids is 1. The minimum absolute atomic E-state index is 0.113. The number of methoxy groups -OCH3 is 1. The van der Waals surface area contributed by atoms with Gasteiger partial charge in [0.15, 0.2) is 0 Å². The molecular formula is C29H24N4O2. The average Bonchev–Trinajstić information content (AvgIpc) is 3.46. The highest BCUT2D eigenvalue weighted by Gasteiger charge is 2.25. The van der Waals surface area contributed by atoms with Gasteiger partial charge in [-0.1, -0.05) is 54.6 Å². The van der Waals surface area contributed by atoms with Gasteiger partial charge in [0, 0.05) is 23.2 Å². The third-order valence-electron chi connectivity index (χ3n) is 6.60. The lowest BCUT2D eigenvalue weighted by molar-refractivity contribution is 0.0966. The molecule has 6 rings (SSSR count). The zero-order chi connectivity index (χ0) is 23.9. The molecule has 1 aliphatic rings. The molecule has 0 spiro atoms. The van der Waals surface area contributed by atoms with E-state index in [1.54, 1.807) is 7.11 Å². The van der Waals surface area contributed by atoms with E-state index in [-0.39, 0.29) is 5.91 Å². The molecule has 0 atom stereocenters. The Morgan fingerprint density at radius 2 is 1.77 bits per heavy atom. The Bertz CT molecular complexity index is 1570. The Hall–Kier alpha value is -4.58. The number of hydrogen-bond donors (Lipinski definition) is 2. The van der Waals surface area contributed by atoms with Gasteiger partial charge in [-0.2, -0.15) is 5.10 Å². The van der Waals surface area contributed by atoms with Gasteiger partial charge >= 0.3 is 0 Å². The quantitative estimate of drug-likeness (QED) is 0.351. The summed E-state index contributed by atoms with van der Waals surface area (Å²) >= 11 is 0. The maximum Gasteiger partial charge on any atom is 0.254 e. The number of nitrogens with two attached hydrogens (primary N) is 1. The number of nitrogens with one attached hydrogen (secondary N) is 1. The minimum atomic E-state index is -0.113. The van der Waals surface area contributed by atoms with Crippen LogP contribution in [0.5, 0.6) is 5.75 Å². The van der Waals surface area contributed by atoms with E-state index in [0.29, 0.717) is 24.3 Å². The molecule has 1 aromatic heterocycles. The van der Waals surface area contributed by atoms with E-state index in [1.165, 1.54) is 0 Å². The lowest BCUT2D eigenvalue weighted by Gasteiger charge is -2.10. The summed E-state index contributed by atoms with van der Waals surface area (Å²) in [6, 6.07) is 28.5. The number of benzene rings is 4. The molecule has 2 heterocycles. The second-order valence-corrected chi connectivity index (χ2v) is 8.69. The first kappa shape index (κ1) is 21.0. The van der Waals surface area contributed by atoms with Gasteiger partial charge in [0.25, 0.3) is 5.91 Å². The molecule has 4 aromatic carbocycles. The fourth-order valence-corrected chi connectivity index (χ4v) is 4.83. The Kier molecular flexibility index (Phi) is 4.99. The predicted molar refractivity (Wildman–Crippen MR) is 138 cm³/mol. The molecule has 5 aromatic rings. The highest BCUT2D eigenvalue weighted by molar-refractivity contribution is 6.05. The first-order valence-electron chi connectivity index (χ1n) is 11.5. The summed E-state index contributed by atoms with van der Waals surface area (Å²) in [7, 11) is 1.67. The van der Waals surface area contributed by atoms with Crippen molar-refractivity contribution in [3.8, 4) is 28.1 Å². The number of ether oxygens (including phenoxy) is 1. The molecule has 0 radical (unpaired) electrons. The zero-order valence-corrected chi connectivity index (χ0v) is 19.3. The number of nitrogen functional groups attached to an aromatic ring is 1. The monoisotopic (exact) mass is 460 g/mol. The highest BCUT2D eigenvalue weighted by Crippen LogP contribution is 2.36. The molecule has 0 aliphatic carbocycles. The third-order valence-corrected chi connectivity index (χ3v) is 6.60. The van der Waals surface area contributed by atoms with Crippen LogP contribution in [0.3, 0.4) is 0 Å². The number of anilines is 1. The summed E-state index contributed by atoms with van der Waals surface area (Å²) < 4.78 is 7.34. The standard InChI is InChI=1S/C29H24N4O2/c1-35-21-10-7-18(8-11-21)17-33-26-14-9-20(15-23(26)28(32-33)19-5-3-2-4-6-19)22-12-13-25(30)27-24(22)16-31-29(27)34/h2-15H,16-17,30H2,1H3,(H,31,34). The van der Waals surface area contributed by atoms with Crippen molar-refractivity contribution < 1.29 is 9.53 Å². The smallest absolute Gasteiger partial charge is 0.254 e. The molecule has 6 nitrogen and oxygen atoms in total. The second kappa shape index (κ2) is 8.33. The predicted octanol–water partition coefficient (Wildman–Crippen LogP) is 5.25. The molecule has 1 amide bonds. The molecule has 1 aliphatic heterocycles. The van der Waals surface area contributed by atoms with Gasteiger partial charge < -0.3 is 15.8 Å². The van der Waals surface area contributed by atoms with E-state index in [0.717, 1.165) is 50.2 Å². The first-order chi connectivity index (χ1) is 17.1. The van der Waals surface area contributed by atoms with Gasteiger partial charge in [-0.05, 0) is 52.6 Å². The van der Waals surface area contributed by atoms with Gasteiger partial charge in [0.05, 0.1) is 24.7 Å². The van der Waals surface area contributed by atoms with Crippen LogP contribution in [0.1, 0.15) is 21.5 Å². The van der Waals surface area contributed by atoms with Crippen LogP contribution in [0, 0.1) is 0 Å². The van der Waals surface area contributed by atoms with E-state index < -0.39 is 0 Å². The Labute approximate surface area is 203 Å². The van der Waals surface area contributed by atoms with Crippen molar-refractivity contribution in [3.05, 3.63) is 102 Å². The van der Waals surface area contributed by atoms with Gasteiger partial charge in [-0.3, -0.25) is 9.48 Å². The molecule has 35 heavy (non-hydrogen) atoms. The Balaban J connectivity index is 1.50. The van der Waals surface area contributed by atoms with Gasteiger partial charge in [-0.15, -0.1) is 0 Å². The zero-order valence-electron chi connectivity index (χ0n) is 19.3. The van der Waals surface area contributed by atoms with Crippen molar-refractivity contribution in [3.63, 3.8) is 0 Å². The number of rotatable bonds is 5. The van der Waals surface area contributed by atoms with Gasteiger partial charge in [0.1, 0.15) is 11.4 Å². The summed E-state index contributed by atoms with van der Waals surface area (Å²) in [5, 5.41) is 9.00. The first-order valence-corrected chi connectivity index (χ1v) is 11.5. The minimum Gasteiger partial charge on any atom is -0.497 e. The molecule has 0 saturated carbocycles. The lowest BCUT2D eigenvalue weighted by Crippen LogP contribution is -2.13. The van der Waals surface area contributed by atoms with Gasteiger partial charge in [-0.25, -0.2) is 0 Å². The summed E-state index contributed by atoms with van der Waals surface area (Å²) in [5.74, 6) is 0.718. The van der Waals surface area contributed by atoms with Crippen molar-refractivity contribution in [2.24, 2.45) is 0 Å². The summed E-state index contributed by atoms with van der Waals surface area (Å²) in [6.45, 7) is 1.12. The molecule has 0 bridgehead atoms. The topological polar surface area (TPSA) is 82.2 Å². The van der Waals surface area contributed by atoms with Crippen molar-refractivity contribution in [1.82, 2.24) is 15.1 Å². The lowest BCUT2D eigenvalue weighted by atomic mass is 9.94. The fraction of sp³-hybridized carbons (Fsp3) is 0.103. The molecule has 0 saturated heterocycles. The van der Waals surface area contributed by atoms with Crippen LogP contribution in [-0.4, -0.2) is 22.8 Å². The molecule has 172 valence electrons. The van der Waals surface area contributed by atoms with Crippen LogP contribution in [0.15, 0.2) is 84.9 Å².